The van der Waals surface area contributed by atoms with Gasteiger partial charge in [0.25, 0.3) is 0 Å². The minimum absolute atomic E-state index is 0.224. The van der Waals surface area contributed by atoms with Crippen molar-refractivity contribution >= 4 is 17.5 Å². The quantitative estimate of drug-likeness (QED) is 0.753. The highest BCUT2D eigenvalue weighted by Gasteiger charge is 2.43. The van der Waals surface area contributed by atoms with Crippen molar-refractivity contribution in [2.24, 2.45) is 11.3 Å². The first-order chi connectivity index (χ1) is 13.2. The Hall–Kier alpha value is -1.99. The summed E-state index contributed by atoms with van der Waals surface area (Å²) >= 11 is 0. The molecule has 0 saturated carbocycles. The number of nitrogens with one attached hydrogen (secondary N) is 1. The van der Waals surface area contributed by atoms with Crippen LogP contribution in [0.5, 0.6) is 0 Å². The largest absolute Gasteiger partial charge is 0.394 e. The van der Waals surface area contributed by atoms with Crippen LogP contribution in [0.4, 0.5) is 10.1 Å². The van der Waals surface area contributed by atoms with Crippen LogP contribution in [0.2, 0.25) is 0 Å². The van der Waals surface area contributed by atoms with Gasteiger partial charge in [-0.05, 0) is 41.9 Å². The zero-order valence-corrected chi connectivity index (χ0v) is 16.7. The number of aliphatic hydroxyl groups excluding tert-OH is 1. The number of carbonyl (C=O) groups is 2. The van der Waals surface area contributed by atoms with Gasteiger partial charge in [0.1, 0.15) is 11.7 Å². The fourth-order valence-corrected chi connectivity index (χ4v) is 3.82. The van der Waals surface area contributed by atoms with Crippen LogP contribution in [0.3, 0.4) is 0 Å². The van der Waals surface area contributed by atoms with E-state index in [0.29, 0.717) is 31.0 Å². The van der Waals surface area contributed by atoms with Gasteiger partial charge in [0.15, 0.2) is 0 Å². The van der Waals surface area contributed by atoms with Crippen molar-refractivity contribution < 1.29 is 23.8 Å². The predicted molar refractivity (Wildman–Crippen MR) is 104 cm³/mol. The monoisotopic (exact) mass is 392 g/mol. The summed E-state index contributed by atoms with van der Waals surface area (Å²) in [5.41, 5.74) is 0.619. The topological polar surface area (TPSA) is 78.9 Å². The van der Waals surface area contributed by atoms with E-state index >= 15 is 0 Å². The van der Waals surface area contributed by atoms with Crippen LogP contribution in [0.15, 0.2) is 18.2 Å². The van der Waals surface area contributed by atoms with Crippen LogP contribution in [0, 0.1) is 17.2 Å². The number of hydrogen-bond acceptors (Lipinski definition) is 4. The molecule has 1 unspecified atom stereocenters. The van der Waals surface area contributed by atoms with E-state index in [4.69, 9.17) is 4.74 Å². The number of rotatable bonds is 5. The maximum Gasteiger partial charge on any atom is 0.244 e. The Morgan fingerprint density at radius 3 is 2.64 bits per heavy atom. The van der Waals surface area contributed by atoms with Crippen LogP contribution in [-0.4, -0.2) is 49.3 Å². The number of amides is 2. The Morgan fingerprint density at radius 1 is 1.36 bits per heavy atom. The highest BCUT2D eigenvalue weighted by atomic mass is 19.1. The van der Waals surface area contributed by atoms with Gasteiger partial charge in [0.2, 0.25) is 11.8 Å². The first-order valence-electron chi connectivity index (χ1n) is 9.82. The predicted octanol–water partition coefficient (Wildman–Crippen LogP) is 2.21. The van der Waals surface area contributed by atoms with Crippen LogP contribution >= 0.6 is 0 Å². The number of hydrogen-bond donors (Lipinski definition) is 2. The van der Waals surface area contributed by atoms with Crippen molar-refractivity contribution in [1.82, 2.24) is 5.32 Å². The van der Waals surface area contributed by atoms with Crippen molar-refractivity contribution in [3.63, 3.8) is 0 Å². The molecule has 0 aliphatic carbocycles. The molecule has 2 atom stereocenters. The lowest BCUT2D eigenvalue weighted by Gasteiger charge is -2.31. The Kier molecular flexibility index (Phi) is 6.05. The number of nitrogens with zero attached hydrogens (tertiary/aromatic N) is 1. The molecule has 2 heterocycles. The first-order valence-corrected chi connectivity index (χ1v) is 9.82. The Balaban J connectivity index is 1.86. The van der Waals surface area contributed by atoms with Gasteiger partial charge in [-0.15, -0.1) is 0 Å². The average Bonchev–Trinajstić information content (AvgIpc) is 2.91. The summed E-state index contributed by atoms with van der Waals surface area (Å²) in [5, 5.41) is 12.5. The van der Waals surface area contributed by atoms with Gasteiger partial charge in [-0.1, -0.05) is 26.8 Å². The zero-order valence-electron chi connectivity index (χ0n) is 16.7. The lowest BCUT2D eigenvalue weighted by atomic mass is 9.86. The molecule has 2 aliphatic rings. The Morgan fingerprint density at radius 2 is 2.04 bits per heavy atom. The molecule has 0 aromatic heterocycles. The third-order valence-corrected chi connectivity index (χ3v) is 5.70. The molecule has 2 N–H and O–H groups in total. The molecular weight excluding hydrogens is 363 g/mol. The Bertz CT molecular complexity index is 740. The molecule has 28 heavy (non-hydrogen) atoms. The fraction of sp³-hybridized carbons (Fsp3) is 0.619. The average molecular weight is 392 g/mol. The standard InChI is InChI=1S/C21H29FN2O4/c1-21(2,3)17(12-25)23-19(26)18-15-5-4-14(22)10-16(15)24(20(18)27)11-13-6-8-28-9-7-13/h4-5,10,13,17-18,25H,6-9,11-12H2,1-3H3,(H,23,26)/t17-,18?/m1/s1. The molecule has 1 aromatic rings. The number of halogens is 1. The molecule has 1 saturated heterocycles. The van der Waals surface area contributed by atoms with Gasteiger partial charge in [-0.25, -0.2) is 4.39 Å². The number of fused-ring (bicyclic) bond motifs is 1. The summed E-state index contributed by atoms with van der Waals surface area (Å²) in [6, 6.07) is 3.63. The van der Waals surface area contributed by atoms with Gasteiger partial charge in [-0.2, -0.15) is 0 Å². The summed E-state index contributed by atoms with van der Waals surface area (Å²) < 4.78 is 19.3. The molecule has 3 rings (SSSR count). The molecule has 1 aromatic carbocycles. The van der Waals surface area contributed by atoms with Crippen molar-refractivity contribution in [3.05, 3.63) is 29.6 Å². The van der Waals surface area contributed by atoms with E-state index in [1.807, 2.05) is 20.8 Å². The number of aliphatic hydroxyl groups is 1. The smallest absolute Gasteiger partial charge is 0.244 e. The highest BCUT2D eigenvalue weighted by molar-refractivity contribution is 6.17. The third kappa shape index (κ3) is 4.20. The maximum atomic E-state index is 13.9. The van der Waals surface area contributed by atoms with Gasteiger partial charge < -0.3 is 20.1 Å². The Labute approximate surface area is 165 Å². The minimum Gasteiger partial charge on any atom is -0.394 e. The SMILES string of the molecule is CC(C)(C)[C@@H](CO)NC(=O)C1C(=O)N(CC2CCOCC2)c2cc(F)ccc21. The fourth-order valence-electron chi connectivity index (χ4n) is 3.82. The minimum atomic E-state index is -1.02. The van der Waals surface area contributed by atoms with E-state index in [2.05, 4.69) is 5.32 Å². The second-order valence-corrected chi connectivity index (χ2v) is 8.75. The number of benzene rings is 1. The molecule has 154 valence electrons. The zero-order chi connectivity index (χ0) is 20.5. The number of ether oxygens (including phenoxy) is 1. The van der Waals surface area contributed by atoms with Crippen LogP contribution < -0.4 is 10.2 Å². The van der Waals surface area contributed by atoms with Crippen molar-refractivity contribution in [3.8, 4) is 0 Å². The maximum absolute atomic E-state index is 13.9. The first kappa shape index (κ1) is 20.7. The van der Waals surface area contributed by atoms with Crippen molar-refractivity contribution in [1.29, 1.82) is 0 Å². The lowest BCUT2D eigenvalue weighted by molar-refractivity contribution is -0.131. The lowest BCUT2D eigenvalue weighted by Crippen LogP contribution is -2.49. The summed E-state index contributed by atoms with van der Waals surface area (Å²) in [7, 11) is 0. The number of carbonyl (C=O) groups excluding carboxylic acids is 2. The van der Waals surface area contributed by atoms with E-state index in [0.717, 1.165) is 12.8 Å². The van der Waals surface area contributed by atoms with E-state index in [1.54, 1.807) is 4.90 Å². The molecular formula is C21H29FN2O4. The van der Waals surface area contributed by atoms with E-state index in [1.165, 1.54) is 18.2 Å². The molecule has 1 fully saturated rings. The van der Waals surface area contributed by atoms with Crippen molar-refractivity contribution in [2.75, 3.05) is 31.3 Å². The van der Waals surface area contributed by atoms with Gasteiger partial charge in [0, 0.05) is 19.8 Å². The van der Waals surface area contributed by atoms with Gasteiger partial charge in [-0.3, -0.25) is 9.59 Å². The van der Waals surface area contributed by atoms with Crippen LogP contribution in [0.1, 0.15) is 45.1 Å². The normalized spacial score (nSPS) is 21.5. The summed E-state index contributed by atoms with van der Waals surface area (Å²) in [6.45, 7) is 7.25. The van der Waals surface area contributed by atoms with E-state index in [9.17, 15) is 19.1 Å². The summed E-state index contributed by atoms with van der Waals surface area (Å²) in [5.74, 6) is -1.99. The summed E-state index contributed by atoms with van der Waals surface area (Å²) in [6.07, 6.45) is 1.67. The molecule has 0 spiro atoms. The third-order valence-electron chi connectivity index (χ3n) is 5.70. The summed E-state index contributed by atoms with van der Waals surface area (Å²) in [4.78, 5) is 27.7. The second-order valence-electron chi connectivity index (χ2n) is 8.75. The molecule has 0 bridgehead atoms. The van der Waals surface area contributed by atoms with Gasteiger partial charge in [0.05, 0.1) is 18.3 Å². The van der Waals surface area contributed by atoms with Crippen molar-refractivity contribution in [2.45, 2.75) is 45.6 Å². The molecule has 0 radical (unpaired) electrons. The second kappa shape index (κ2) is 8.17. The van der Waals surface area contributed by atoms with E-state index in [-0.39, 0.29) is 23.8 Å². The van der Waals surface area contributed by atoms with E-state index < -0.39 is 23.7 Å². The van der Waals surface area contributed by atoms with Crippen LogP contribution in [0.25, 0.3) is 0 Å². The highest BCUT2D eigenvalue weighted by Crippen LogP contribution is 2.39. The van der Waals surface area contributed by atoms with Gasteiger partial charge >= 0.3 is 0 Å². The molecule has 2 aliphatic heterocycles. The van der Waals surface area contributed by atoms with Crippen LogP contribution in [-0.2, 0) is 14.3 Å². The molecule has 6 nitrogen and oxygen atoms in total. The number of anilines is 1. The molecule has 2 amide bonds. The molecule has 7 heteroatoms.